The minimum atomic E-state index is -0.372. The van der Waals surface area contributed by atoms with E-state index in [1.807, 2.05) is 0 Å². The first-order valence-corrected chi connectivity index (χ1v) is 4.87. The number of nitrogens with zero attached hydrogens (tertiary/aromatic N) is 2. The Bertz CT molecular complexity index is 482. The molecule has 0 aliphatic carbocycles. The first-order chi connectivity index (χ1) is 7.16. The van der Waals surface area contributed by atoms with Gasteiger partial charge in [0.2, 0.25) is 5.28 Å². The van der Waals surface area contributed by atoms with Crippen molar-refractivity contribution < 1.29 is 4.39 Å². The third-order valence-corrected chi connectivity index (χ3v) is 2.18. The molecule has 0 N–H and O–H groups in total. The summed E-state index contributed by atoms with van der Waals surface area (Å²) < 4.78 is 13.4. The van der Waals surface area contributed by atoms with Gasteiger partial charge in [0, 0.05) is 11.6 Å². The summed E-state index contributed by atoms with van der Waals surface area (Å²) in [6.07, 6.45) is 0. The van der Waals surface area contributed by atoms with E-state index in [0.717, 1.165) is 0 Å². The molecule has 76 valence electrons. The Hall–Kier alpha value is -1.19. The summed E-state index contributed by atoms with van der Waals surface area (Å²) in [5.41, 5.74) is 0.724. The van der Waals surface area contributed by atoms with Gasteiger partial charge in [-0.25, -0.2) is 14.4 Å². The molecule has 1 heterocycles. The molecule has 0 unspecified atom stereocenters. The highest BCUT2D eigenvalue weighted by molar-refractivity contribution is 6.32. The van der Waals surface area contributed by atoms with Crippen molar-refractivity contribution in [3.05, 3.63) is 46.6 Å². The monoisotopic (exact) mass is 242 g/mol. The Morgan fingerprint density at radius 1 is 1.07 bits per heavy atom. The lowest BCUT2D eigenvalue weighted by Gasteiger charge is -2.02. The Kier molecular flexibility index (Phi) is 2.84. The van der Waals surface area contributed by atoms with Crippen LogP contribution in [0.3, 0.4) is 0 Å². The lowest BCUT2D eigenvalue weighted by Crippen LogP contribution is -1.90. The van der Waals surface area contributed by atoms with Crippen LogP contribution in [0.25, 0.3) is 11.3 Å². The largest absolute Gasteiger partial charge is 0.224 e. The van der Waals surface area contributed by atoms with Crippen molar-refractivity contribution in [2.45, 2.75) is 0 Å². The van der Waals surface area contributed by atoms with Gasteiger partial charge in [-0.3, -0.25) is 0 Å². The summed E-state index contributed by atoms with van der Waals surface area (Å²) >= 11 is 11.3. The molecule has 0 aliphatic rings. The van der Waals surface area contributed by atoms with Gasteiger partial charge in [-0.05, 0) is 23.7 Å². The first-order valence-electron chi connectivity index (χ1n) is 4.12. The smallest absolute Gasteiger partial charge is 0.218 e. The molecule has 2 nitrogen and oxygen atoms in total. The predicted octanol–water partition coefficient (Wildman–Crippen LogP) is 3.59. The SMILES string of the molecule is Fc1ccccc1-c1cc(Cl)nc(Cl)n1. The number of benzene rings is 1. The van der Waals surface area contributed by atoms with E-state index in [2.05, 4.69) is 9.97 Å². The number of aromatic nitrogens is 2. The van der Waals surface area contributed by atoms with Crippen LogP contribution < -0.4 is 0 Å². The van der Waals surface area contributed by atoms with Crippen molar-refractivity contribution >= 4 is 23.2 Å². The Morgan fingerprint density at radius 2 is 1.80 bits per heavy atom. The van der Waals surface area contributed by atoms with Crippen LogP contribution in [-0.2, 0) is 0 Å². The molecule has 2 aromatic rings. The molecular weight excluding hydrogens is 238 g/mol. The van der Waals surface area contributed by atoms with Gasteiger partial charge >= 0.3 is 0 Å². The predicted molar refractivity (Wildman–Crippen MR) is 57.4 cm³/mol. The summed E-state index contributed by atoms with van der Waals surface area (Å²) in [4.78, 5) is 7.58. The van der Waals surface area contributed by atoms with E-state index in [9.17, 15) is 4.39 Å². The lowest BCUT2D eigenvalue weighted by molar-refractivity contribution is 0.630. The van der Waals surface area contributed by atoms with E-state index >= 15 is 0 Å². The fraction of sp³-hybridized carbons (Fsp3) is 0. The molecule has 0 bridgehead atoms. The molecule has 0 saturated heterocycles. The van der Waals surface area contributed by atoms with E-state index in [-0.39, 0.29) is 16.3 Å². The van der Waals surface area contributed by atoms with Crippen molar-refractivity contribution in [3.8, 4) is 11.3 Å². The van der Waals surface area contributed by atoms with Crippen molar-refractivity contribution in [1.82, 2.24) is 9.97 Å². The van der Waals surface area contributed by atoms with Crippen LogP contribution in [0.2, 0.25) is 10.4 Å². The lowest BCUT2D eigenvalue weighted by atomic mass is 10.1. The molecule has 0 atom stereocenters. The summed E-state index contributed by atoms with van der Waals surface area (Å²) in [5.74, 6) is -0.372. The minimum absolute atomic E-state index is 0.000697. The van der Waals surface area contributed by atoms with E-state index in [1.54, 1.807) is 18.2 Å². The second-order valence-electron chi connectivity index (χ2n) is 2.82. The van der Waals surface area contributed by atoms with E-state index in [4.69, 9.17) is 23.2 Å². The van der Waals surface area contributed by atoms with Gasteiger partial charge in [0.05, 0.1) is 5.69 Å². The van der Waals surface area contributed by atoms with E-state index in [0.29, 0.717) is 11.3 Å². The second-order valence-corrected chi connectivity index (χ2v) is 3.55. The normalized spacial score (nSPS) is 10.3. The van der Waals surface area contributed by atoms with Crippen LogP contribution in [-0.4, -0.2) is 9.97 Å². The number of hydrogen-bond donors (Lipinski definition) is 0. The van der Waals surface area contributed by atoms with Gasteiger partial charge < -0.3 is 0 Å². The van der Waals surface area contributed by atoms with E-state index < -0.39 is 0 Å². The fourth-order valence-electron chi connectivity index (χ4n) is 1.20. The van der Waals surface area contributed by atoms with Gasteiger partial charge in [0.25, 0.3) is 0 Å². The molecule has 0 amide bonds. The maximum atomic E-state index is 13.4. The van der Waals surface area contributed by atoms with Crippen LogP contribution in [0.15, 0.2) is 30.3 Å². The molecule has 1 aromatic heterocycles. The van der Waals surface area contributed by atoms with Gasteiger partial charge in [0.1, 0.15) is 11.0 Å². The second kappa shape index (κ2) is 4.13. The topological polar surface area (TPSA) is 25.8 Å². The van der Waals surface area contributed by atoms with Crippen LogP contribution in [0.1, 0.15) is 0 Å². The molecular formula is C10H5Cl2FN2. The zero-order valence-electron chi connectivity index (χ0n) is 7.42. The average molecular weight is 243 g/mol. The number of hydrogen-bond acceptors (Lipinski definition) is 2. The van der Waals surface area contributed by atoms with E-state index in [1.165, 1.54) is 12.1 Å². The Labute approximate surface area is 95.7 Å². The maximum Gasteiger partial charge on any atom is 0.224 e. The maximum absolute atomic E-state index is 13.4. The van der Waals surface area contributed by atoms with Crippen molar-refractivity contribution in [1.29, 1.82) is 0 Å². The molecule has 0 aliphatic heterocycles. The van der Waals surface area contributed by atoms with Crippen LogP contribution in [0.4, 0.5) is 4.39 Å². The molecule has 15 heavy (non-hydrogen) atoms. The average Bonchev–Trinajstić information content (AvgIpc) is 2.16. The molecule has 5 heteroatoms. The number of rotatable bonds is 1. The van der Waals surface area contributed by atoms with Gasteiger partial charge in [-0.15, -0.1) is 0 Å². The molecule has 1 aromatic carbocycles. The molecule has 0 radical (unpaired) electrons. The minimum Gasteiger partial charge on any atom is -0.218 e. The zero-order chi connectivity index (χ0) is 10.8. The standard InChI is InChI=1S/C10H5Cl2FN2/c11-9-5-8(14-10(12)15-9)6-3-1-2-4-7(6)13/h1-5H. The number of halogens is 3. The van der Waals surface area contributed by atoms with Crippen molar-refractivity contribution in [3.63, 3.8) is 0 Å². The van der Waals surface area contributed by atoms with Gasteiger partial charge in [0.15, 0.2) is 0 Å². The highest BCUT2D eigenvalue weighted by atomic mass is 35.5. The molecule has 2 rings (SSSR count). The van der Waals surface area contributed by atoms with Gasteiger partial charge in [-0.2, -0.15) is 0 Å². The third kappa shape index (κ3) is 2.25. The Morgan fingerprint density at radius 3 is 2.47 bits per heavy atom. The van der Waals surface area contributed by atoms with Crippen molar-refractivity contribution in [2.24, 2.45) is 0 Å². The fourth-order valence-corrected chi connectivity index (χ4v) is 1.61. The summed E-state index contributed by atoms with van der Waals surface area (Å²) in [6, 6.07) is 7.72. The third-order valence-electron chi connectivity index (χ3n) is 1.82. The quantitative estimate of drug-likeness (QED) is 0.565. The van der Waals surface area contributed by atoms with Crippen LogP contribution >= 0.6 is 23.2 Å². The zero-order valence-corrected chi connectivity index (χ0v) is 8.93. The van der Waals surface area contributed by atoms with Crippen LogP contribution in [0, 0.1) is 5.82 Å². The van der Waals surface area contributed by atoms with Gasteiger partial charge in [-0.1, -0.05) is 23.7 Å². The summed E-state index contributed by atoms with van der Waals surface area (Å²) in [5, 5.41) is 0.189. The first kappa shape index (κ1) is 10.3. The van der Waals surface area contributed by atoms with Crippen LogP contribution in [0.5, 0.6) is 0 Å². The highest BCUT2D eigenvalue weighted by Gasteiger charge is 2.07. The molecule has 0 spiro atoms. The Balaban J connectivity index is 2.59. The van der Waals surface area contributed by atoms with Crippen molar-refractivity contribution in [2.75, 3.05) is 0 Å². The molecule has 0 saturated carbocycles. The highest BCUT2D eigenvalue weighted by Crippen LogP contribution is 2.23. The summed E-state index contributed by atoms with van der Waals surface area (Å²) in [6.45, 7) is 0. The molecule has 0 fully saturated rings. The summed E-state index contributed by atoms with van der Waals surface area (Å²) in [7, 11) is 0.